The van der Waals surface area contributed by atoms with Crippen LogP contribution in [-0.2, 0) is 16.0 Å². The van der Waals surface area contributed by atoms with Crippen molar-refractivity contribution in [3.8, 4) is 0 Å². The van der Waals surface area contributed by atoms with Crippen molar-refractivity contribution in [2.75, 3.05) is 26.3 Å². The smallest absolute Gasteiger partial charge is 0.321 e. The van der Waals surface area contributed by atoms with E-state index in [0.717, 1.165) is 5.56 Å². The number of rotatable bonds is 4. The molecule has 110 valence electrons. The number of carboxylic acids is 1. The van der Waals surface area contributed by atoms with Crippen molar-refractivity contribution in [1.82, 2.24) is 4.90 Å². The third kappa shape index (κ3) is 3.38. The Balaban J connectivity index is 2.22. The SMILES string of the molecule is Cc1cc(C)c(C[C@H](C(=O)O)N2CCOCC2)c(C)c1. The summed E-state index contributed by atoms with van der Waals surface area (Å²) in [7, 11) is 0. The summed E-state index contributed by atoms with van der Waals surface area (Å²) in [5, 5.41) is 9.54. The zero-order chi connectivity index (χ0) is 14.7. The number of nitrogens with zero attached hydrogens (tertiary/aromatic N) is 1. The minimum Gasteiger partial charge on any atom is -0.480 e. The molecule has 1 N–H and O–H groups in total. The molecule has 0 aliphatic carbocycles. The number of hydrogen-bond acceptors (Lipinski definition) is 3. The first-order chi connectivity index (χ1) is 9.49. The lowest BCUT2D eigenvalue weighted by atomic mass is 9.93. The summed E-state index contributed by atoms with van der Waals surface area (Å²) < 4.78 is 5.31. The van der Waals surface area contributed by atoms with Crippen molar-refractivity contribution in [2.24, 2.45) is 0 Å². The zero-order valence-electron chi connectivity index (χ0n) is 12.5. The van der Waals surface area contributed by atoms with Crippen LogP contribution in [0.1, 0.15) is 22.3 Å². The number of aryl methyl sites for hydroxylation is 3. The first-order valence-corrected chi connectivity index (χ1v) is 7.10. The standard InChI is InChI=1S/C16H23NO3/c1-11-8-12(2)14(13(3)9-11)10-15(16(18)19)17-4-6-20-7-5-17/h8-9,15H,4-7,10H2,1-3H3,(H,18,19)/t15-/m1/s1. The van der Waals surface area contributed by atoms with Gasteiger partial charge in [-0.3, -0.25) is 9.69 Å². The van der Waals surface area contributed by atoms with E-state index in [9.17, 15) is 9.90 Å². The Kier molecular flexibility index (Phi) is 4.78. The van der Waals surface area contributed by atoms with Gasteiger partial charge in [0.2, 0.25) is 0 Å². The van der Waals surface area contributed by atoms with Gasteiger partial charge in [0.25, 0.3) is 0 Å². The van der Waals surface area contributed by atoms with Gasteiger partial charge in [-0.05, 0) is 43.9 Å². The number of benzene rings is 1. The lowest BCUT2D eigenvalue weighted by molar-refractivity contribution is -0.145. The van der Waals surface area contributed by atoms with Gasteiger partial charge in [-0.25, -0.2) is 0 Å². The predicted octanol–water partition coefficient (Wildman–Crippen LogP) is 1.94. The number of aliphatic carboxylic acids is 1. The lowest BCUT2D eigenvalue weighted by Crippen LogP contribution is -2.48. The number of carboxylic acid groups (broad SMARTS) is 1. The van der Waals surface area contributed by atoms with Crippen molar-refractivity contribution < 1.29 is 14.6 Å². The molecule has 0 amide bonds. The first kappa shape index (κ1) is 15.0. The molecule has 1 saturated heterocycles. The Morgan fingerprint density at radius 2 is 1.80 bits per heavy atom. The van der Waals surface area contributed by atoms with E-state index in [4.69, 9.17) is 4.74 Å². The molecule has 0 spiro atoms. The molecular formula is C16H23NO3. The van der Waals surface area contributed by atoms with Gasteiger partial charge < -0.3 is 9.84 Å². The summed E-state index contributed by atoms with van der Waals surface area (Å²) in [6.07, 6.45) is 0.563. The van der Waals surface area contributed by atoms with Crippen LogP contribution in [0.25, 0.3) is 0 Å². The molecule has 2 rings (SSSR count). The summed E-state index contributed by atoms with van der Waals surface area (Å²) in [6.45, 7) is 8.83. The van der Waals surface area contributed by atoms with E-state index in [2.05, 4.69) is 32.9 Å². The van der Waals surface area contributed by atoms with Gasteiger partial charge >= 0.3 is 5.97 Å². The molecule has 4 heteroatoms. The minimum atomic E-state index is -0.744. The highest BCUT2D eigenvalue weighted by Crippen LogP contribution is 2.20. The summed E-state index contributed by atoms with van der Waals surface area (Å²) in [5.74, 6) is -0.744. The quantitative estimate of drug-likeness (QED) is 0.914. The Labute approximate surface area is 120 Å². The number of hydrogen-bond donors (Lipinski definition) is 1. The van der Waals surface area contributed by atoms with Gasteiger partial charge in [0.05, 0.1) is 13.2 Å². The van der Waals surface area contributed by atoms with Gasteiger partial charge in [-0.2, -0.15) is 0 Å². The molecule has 1 fully saturated rings. The summed E-state index contributed by atoms with van der Waals surface area (Å²) in [5.41, 5.74) is 4.75. The van der Waals surface area contributed by atoms with E-state index in [1.165, 1.54) is 16.7 Å². The second-order valence-corrected chi connectivity index (χ2v) is 5.58. The van der Waals surface area contributed by atoms with Crippen molar-refractivity contribution in [1.29, 1.82) is 0 Å². The van der Waals surface area contributed by atoms with Gasteiger partial charge in [0.15, 0.2) is 0 Å². The molecule has 0 radical (unpaired) electrons. The van der Waals surface area contributed by atoms with E-state index < -0.39 is 12.0 Å². The molecule has 1 aliphatic heterocycles. The van der Waals surface area contributed by atoms with Crippen LogP contribution in [0.15, 0.2) is 12.1 Å². The number of ether oxygens (including phenoxy) is 1. The maximum Gasteiger partial charge on any atom is 0.321 e. The van der Waals surface area contributed by atoms with Crippen molar-refractivity contribution in [3.05, 3.63) is 34.4 Å². The fourth-order valence-electron chi connectivity index (χ4n) is 2.99. The van der Waals surface area contributed by atoms with Crippen molar-refractivity contribution in [3.63, 3.8) is 0 Å². The second-order valence-electron chi connectivity index (χ2n) is 5.58. The van der Waals surface area contributed by atoms with Gasteiger partial charge in [0.1, 0.15) is 6.04 Å². The highest BCUT2D eigenvalue weighted by atomic mass is 16.5. The van der Waals surface area contributed by atoms with Crippen LogP contribution >= 0.6 is 0 Å². The second kappa shape index (κ2) is 6.37. The van der Waals surface area contributed by atoms with Crippen LogP contribution in [0.3, 0.4) is 0 Å². The molecule has 20 heavy (non-hydrogen) atoms. The van der Waals surface area contributed by atoms with Crippen LogP contribution in [0.4, 0.5) is 0 Å². The highest BCUT2D eigenvalue weighted by molar-refractivity contribution is 5.74. The molecule has 1 aromatic carbocycles. The van der Waals surface area contributed by atoms with Crippen LogP contribution in [0.5, 0.6) is 0 Å². The average Bonchev–Trinajstić information content (AvgIpc) is 2.38. The first-order valence-electron chi connectivity index (χ1n) is 7.10. The van der Waals surface area contributed by atoms with E-state index in [1.807, 2.05) is 4.90 Å². The Morgan fingerprint density at radius 1 is 1.25 bits per heavy atom. The van der Waals surface area contributed by atoms with E-state index in [-0.39, 0.29) is 0 Å². The maximum absolute atomic E-state index is 11.6. The fourth-order valence-corrected chi connectivity index (χ4v) is 2.99. The van der Waals surface area contributed by atoms with Crippen LogP contribution in [0.2, 0.25) is 0 Å². The zero-order valence-corrected chi connectivity index (χ0v) is 12.5. The molecule has 1 aromatic rings. The third-order valence-electron chi connectivity index (χ3n) is 4.01. The van der Waals surface area contributed by atoms with Crippen LogP contribution < -0.4 is 0 Å². The Hall–Kier alpha value is -1.39. The van der Waals surface area contributed by atoms with E-state index >= 15 is 0 Å². The summed E-state index contributed by atoms with van der Waals surface area (Å²) in [4.78, 5) is 13.6. The largest absolute Gasteiger partial charge is 0.480 e. The molecule has 0 aromatic heterocycles. The third-order valence-corrected chi connectivity index (χ3v) is 4.01. The van der Waals surface area contributed by atoms with E-state index in [0.29, 0.717) is 32.7 Å². The molecule has 0 saturated carbocycles. The molecule has 1 heterocycles. The highest BCUT2D eigenvalue weighted by Gasteiger charge is 2.28. The monoisotopic (exact) mass is 277 g/mol. The Bertz CT molecular complexity index is 469. The molecule has 1 aliphatic rings. The normalized spacial score (nSPS) is 17.9. The van der Waals surface area contributed by atoms with E-state index in [1.54, 1.807) is 0 Å². The molecule has 4 nitrogen and oxygen atoms in total. The molecule has 1 atom stereocenters. The Morgan fingerprint density at radius 3 is 2.30 bits per heavy atom. The maximum atomic E-state index is 11.6. The van der Waals surface area contributed by atoms with Crippen molar-refractivity contribution >= 4 is 5.97 Å². The van der Waals surface area contributed by atoms with Gasteiger partial charge in [-0.1, -0.05) is 17.7 Å². The molecular weight excluding hydrogens is 254 g/mol. The van der Waals surface area contributed by atoms with Crippen molar-refractivity contribution in [2.45, 2.75) is 33.2 Å². The number of morpholine rings is 1. The van der Waals surface area contributed by atoms with Gasteiger partial charge in [-0.15, -0.1) is 0 Å². The predicted molar refractivity (Wildman–Crippen MR) is 78.2 cm³/mol. The minimum absolute atomic E-state index is 0.459. The topological polar surface area (TPSA) is 49.8 Å². The van der Waals surface area contributed by atoms with Crippen LogP contribution in [0, 0.1) is 20.8 Å². The van der Waals surface area contributed by atoms with Gasteiger partial charge in [0, 0.05) is 13.1 Å². The fraction of sp³-hybridized carbons (Fsp3) is 0.562. The summed E-state index contributed by atoms with van der Waals surface area (Å²) in [6, 6.07) is 3.79. The average molecular weight is 277 g/mol. The molecule has 0 bridgehead atoms. The number of carbonyl (C=O) groups is 1. The summed E-state index contributed by atoms with van der Waals surface area (Å²) >= 11 is 0. The van der Waals surface area contributed by atoms with Crippen LogP contribution in [-0.4, -0.2) is 48.3 Å². The lowest BCUT2D eigenvalue weighted by Gasteiger charge is -2.32. The molecule has 0 unspecified atom stereocenters.